The van der Waals surface area contributed by atoms with Crippen molar-refractivity contribution < 1.29 is 9.72 Å². The lowest BCUT2D eigenvalue weighted by Gasteiger charge is -2.14. The van der Waals surface area contributed by atoms with Gasteiger partial charge in [0.05, 0.1) is 4.92 Å². The molecule has 0 aliphatic carbocycles. The molecule has 1 aromatic rings. The average molecular weight is 465 g/mol. The van der Waals surface area contributed by atoms with E-state index in [0.29, 0.717) is 17.9 Å². The van der Waals surface area contributed by atoms with Crippen molar-refractivity contribution in [3.05, 3.63) is 21.5 Å². The van der Waals surface area contributed by atoms with Crippen LogP contribution in [-0.2, 0) is 4.79 Å². The summed E-state index contributed by atoms with van der Waals surface area (Å²) in [6.45, 7) is 7.88. The molecule has 0 aliphatic heterocycles. The van der Waals surface area contributed by atoms with E-state index in [9.17, 15) is 14.9 Å². The number of nitrogens with zero attached hydrogens (tertiary/aromatic N) is 3. The van der Waals surface area contributed by atoms with Crippen LogP contribution >= 0.6 is 0 Å². The molecule has 1 rings (SSSR count). The standard InChI is InChI=1S/C26H48N4O3/c1-5-6-7-8-9-10-11-12-13-14-15-16-17-18-19-20-21-27-26(31)24(4)29-23(3)25(30(32)33)22(2)28-29/h24H,5-21H2,1-4H3,(H,27,31). The summed E-state index contributed by atoms with van der Waals surface area (Å²) in [5, 5.41) is 18.3. The molecule has 0 radical (unpaired) electrons. The Morgan fingerprint density at radius 1 is 0.879 bits per heavy atom. The SMILES string of the molecule is CCCCCCCCCCCCCCCCCCNC(=O)C(C)n1nc(C)c([N+](=O)[O-])c1C. The Kier molecular flexibility index (Phi) is 15.5. The third-order valence-electron chi connectivity index (χ3n) is 6.55. The average Bonchev–Trinajstić information content (AvgIpc) is 3.09. The number of rotatable bonds is 20. The second-order valence-electron chi connectivity index (χ2n) is 9.49. The predicted octanol–water partition coefficient (Wildman–Crippen LogP) is 7.35. The molecule has 0 bridgehead atoms. The third-order valence-corrected chi connectivity index (χ3v) is 6.55. The van der Waals surface area contributed by atoms with Crippen LogP contribution in [0.5, 0.6) is 0 Å². The predicted molar refractivity (Wildman–Crippen MR) is 136 cm³/mol. The summed E-state index contributed by atoms with van der Waals surface area (Å²) in [6.07, 6.45) is 21.2. The number of amides is 1. The van der Waals surface area contributed by atoms with Crippen LogP contribution in [0.25, 0.3) is 0 Å². The second-order valence-corrected chi connectivity index (χ2v) is 9.49. The van der Waals surface area contributed by atoms with Crippen molar-refractivity contribution in [1.82, 2.24) is 15.1 Å². The van der Waals surface area contributed by atoms with Crippen LogP contribution in [0.15, 0.2) is 0 Å². The number of carbonyl (C=O) groups excluding carboxylic acids is 1. The van der Waals surface area contributed by atoms with Gasteiger partial charge >= 0.3 is 5.69 Å². The van der Waals surface area contributed by atoms with E-state index in [-0.39, 0.29) is 11.6 Å². The van der Waals surface area contributed by atoms with Gasteiger partial charge in [-0.2, -0.15) is 5.10 Å². The summed E-state index contributed by atoms with van der Waals surface area (Å²) >= 11 is 0. The van der Waals surface area contributed by atoms with Gasteiger partial charge < -0.3 is 5.32 Å². The van der Waals surface area contributed by atoms with Crippen molar-refractivity contribution in [2.45, 2.75) is 136 Å². The van der Waals surface area contributed by atoms with E-state index in [1.165, 1.54) is 94.6 Å². The smallest absolute Gasteiger partial charge is 0.312 e. The normalized spacial score (nSPS) is 12.1. The molecule has 1 unspecified atom stereocenters. The summed E-state index contributed by atoms with van der Waals surface area (Å²) in [5.41, 5.74) is 0.755. The minimum absolute atomic E-state index is 0.00699. The molecule has 33 heavy (non-hydrogen) atoms. The first-order chi connectivity index (χ1) is 15.9. The molecular weight excluding hydrogens is 416 g/mol. The first kappa shape index (κ1) is 29.1. The Morgan fingerprint density at radius 3 is 1.70 bits per heavy atom. The maximum Gasteiger partial charge on any atom is 0.312 e. The Hall–Kier alpha value is -1.92. The summed E-state index contributed by atoms with van der Waals surface area (Å²) in [5.74, 6) is -0.142. The zero-order valence-corrected chi connectivity index (χ0v) is 21.7. The molecule has 1 amide bonds. The number of hydrogen-bond acceptors (Lipinski definition) is 4. The molecule has 0 aliphatic rings. The van der Waals surface area contributed by atoms with Gasteiger partial charge in [-0.25, -0.2) is 0 Å². The van der Waals surface area contributed by atoms with E-state index in [2.05, 4.69) is 17.3 Å². The number of carbonyl (C=O) groups is 1. The zero-order valence-electron chi connectivity index (χ0n) is 21.7. The van der Waals surface area contributed by atoms with Crippen LogP contribution in [-0.4, -0.2) is 27.2 Å². The number of hydrogen-bond donors (Lipinski definition) is 1. The van der Waals surface area contributed by atoms with Crippen molar-refractivity contribution in [2.75, 3.05) is 6.54 Å². The molecule has 0 fully saturated rings. The van der Waals surface area contributed by atoms with Gasteiger partial charge in [0.2, 0.25) is 5.91 Å². The fourth-order valence-electron chi connectivity index (χ4n) is 4.44. The number of aryl methyl sites for hydroxylation is 1. The lowest BCUT2D eigenvalue weighted by molar-refractivity contribution is -0.386. The highest BCUT2D eigenvalue weighted by molar-refractivity contribution is 5.80. The topological polar surface area (TPSA) is 90.1 Å². The number of unbranched alkanes of at least 4 members (excludes halogenated alkanes) is 15. The molecular formula is C26H48N4O3. The van der Waals surface area contributed by atoms with Gasteiger partial charge in [0.1, 0.15) is 17.4 Å². The van der Waals surface area contributed by atoms with Gasteiger partial charge in [0.25, 0.3) is 0 Å². The van der Waals surface area contributed by atoms with Crippen LogP contribution < -0.4 is 5.32 Å². The van der Waals surface area contributed by atoms with E-state index in [0.717, 1.165) is 12.8 Å². The summed E-state index contributed by atoms with van der Waals surface area (Å²) in [6, 6.07) is -0.557. The second kappa shape index (κ2) is 17.5. The molecule has 190 valence electrons. The van der Waals surface area contributed by atoms with Crippen molar-refractivity contribution in [1.29, 1.82) is 0 Å². The molecule has 1 aromatic heterocycles. The zero-order chi connectivity index (χ0) is 24.5. The Labute approximate surface area is 201 Å². The highest BCUT2D eigenvalue weighted by Gasteiger charge is 2.26. The molecule has 7 heteroatoms. The Morgan fingerprint density at radius 2 is 1.30 bits per heavy atom. The molecule has 7 nitrogen and oxygen atoms in total. The van der Waals surface area contributed by atoms with Gasteiger partial charge in [-0.05, 0) is 27.2 Å². The van der Waals surface area contributed by atoms with Crippen molar-refractivity contribution in [3.63, 3.8) is 0 Å². The van der Waals surface area contributed by atoms with E-state index < -0.39 is 11.0 Å². The van der Waals surface area contributed by atoms with Crippen LogP contribution in [0.2, 0.25) is 0 Å². The molecule has 0 aromatic carbocycles. The van der Waals surface area contributed by atoms with Gasteiger partial charge in [-0.3, -0.25) is 19.6 Å². The molecule has 1 N–H and O–H groups in total. The van der Waals surface area contributed by atoms with Crippen molar-refractivity contribution in [2.24, 2.45) is 0 Å². The fourth-order valence-corrected chi connectivity index (χ4v) is 4.44. The van der Waals surface area contributed by atoms with Crippen molar-refractivity contribution >= 4 is 11.6 Å². The first-order valence-electron chi connectivity index (χ1n) is 13.4. The largest absolute Gasteiger partial charge is 0.354 e. The third kappa shape index (κ3) is 11.7. The van der Waals surface area contributed by atoms with Crippen molar-refractivity contribution in [3.8, 4) is 0 Å². The molecule has 0 saturated heterocycles. The lowest BCUT2D eigenvalue weighted by atomic mass is 10.0. The maximum absolute atomic E-state index is 12.4. The fraction of sp³-hybridized carbons (Fsp3) is 0.846. The number of aromatic nitrogens is 2. The van der Waals surface area contributed by atoms with E-state index in [1.54, 1.807) is 20.8 Å². The summed E-state index contributed by atoms with van der Waals surface area (Å²) in [4.78, 5) is 23.1. The summed E-state index contributed by atoms with van der Waals surface area (Å²) in [7, 11) is 0. The summed E-state index contributed by atoms with van der Waals surface area (Å²) < 4.78 is 1.45. The molecule has 1 atom stereocenters. The maximum atomic E-state index is 12.4. The highest BCUT2D eigenvalue weighted by Crippen LogP contribution is 2.24. The first-order valence-corrected chi connectivity index (χ1v) is 13.4. The minimum atomic E-state index is -0.557. The highest BCUT2D eigenvalue weighted by atomic mass is 16.6. The lowest BCUT2D eigenvalue weighted by Crippen LogP contribution is -2.32. The minimum Gasteiger partial charge on any atom is -0.354 e. The van der Waals surface area contributed by atoms with Gasteiger partial charge in [-0.1, -0.05) is 103 Å². The van der Waals surface area contributed by atoms with Gasteiger partial charge in [-0.15, -0.1) is 0 Å². The molecule has 0 spiro atoms. The Balaban J connectivity index is 1.99. The van der Waals surface area contributed by atoms with E-state index in [4.69, 9.17) is 0 Å². The van der Waals surface area contributed by atoms with Crippen LogP contribution in [0.3, 0.4) is 0 Å². The van der Waals surface area contributed by atoms with E-state index >= 15 is 0 Å². The molecule has 1 heterocycles. The Bertz CT molecular complexity index is 687. The van der Waals surface area contributed by atoms with Gasteiger partial charge in [0, 0.05) is 6.54 Å². The quantitative estimate of drug-likeness (QED) is 0.124. The van der Waals surface area contributed by atoms with Crippen LogP contribution in [0, 0.1) is 24.0 Å². The van der Waals surface area contributed by atoms with Crippen LogP contribution in [0.4, 0.5) is 5.69 Å². The monoisotopic (exact) mass is 464 g/mol. The molecule has 0 saturated carbocycles. The van der Waals surface area contributed by atoms with Gasteiger partial charge in [0.15, 0.2) is 0 Å². The van der Waals surface area contributed by atoms with Crippen LogP contribution in [0.1, 0.15) is 134 Å². The number of nitro groups is 1. The van der Waals surface area contributed by atoms with E-state index in [1.807, 2.05) is 0 Å². The number of nitrogens with one attached hydrogen (secondary N) is 1.